The molecule has 0 atom stereocenters. The average molecular weight is 161 g/mol. The molecule has 0 radical (unpaired) electrons. The number of hydrogen-bond donors (Lipinski definition) is 0. The summed E-state index contributed by atoms with van der Waals surface area (Å²) in [5.74, 6) is 0.366. The standard InChI is InChI=1S/C5H3N7/c6-11-9-4-2-1-3-5(8-4)10-12-7/h1-3H. The van der Waals surface area contributed by atoms with Crippen molar-refractivity contribution in [2.45, 2.75) is 0 Å². The summed E-state index contributed by atoms with van der Waals surface area (Å²) in [6.45, 7) is 0. The first-order chi connectivity index (χ1) is 5.86. The molecule has 0 aliphatic carbocycles. The molecule has 7 nitrogen and oxygen atoms in total. The summed E-state index contributed by atoms with van der Waals surface area (Å²) in [7, 11) is 0. The Morgan fingerprint density at radius 1 is 1.08 bits per heavy atom. The second kappa shape index (κ2) is 3.82. The minimum Gasteiger partial charge on any atom is -0.244 e. The Balaban J connectivity index is 3.11. The lowest BCUT2D eigenvalue weighted by Crippen LogP contribution is -1.71. The maximum atomic E-state index is 8.06. The van der Waals surface area contributed by atoms with Gasteiger partial charge in [0.2, 0.25) is 0 Å². The summed E-state index contributed by atoms with van der Waals surface area (Å²) in [5.41, 5.74) is 16.1. The largest absolute Gasteiger partial charge is 0.244 e. The van der Waals surface area contributed by atoms with E-state index in [0.717, 1.165) is 0 Å². The Bertz CT molecular complexity index is 338. The van der Waals surface area contributed by atoms with Crippen molar-refractivity contribution in [3.05, 3.63) is 39.1 Å². The van der Waals surface area contributed by atoms with Crippen LogP contribution in [0, 0.1) is 0 Å². The second-order valence-electron chi connectivity index (χ2n) is 1.73. The SMILES string of the molecule is [N-]=[N+]=Nc1cccc(N=[N+]=[N-])n1. The van der Waals surface area contributed by atoms with Gasteiger partial charge < -0.3 is 0 Å². The summed E-state index contributed by atoms with van der Waals surface area (Å²) >= 11 is 0. The minimum absolute atomic E-state index is 0.183. The maximum Gasteiger partial charge on any atom is 0.127 e. The first kappa shape index (κ1) is 7.87. The number of hydrogen-bond acceptors (Lipinski definition) is 3. The third kappa shape index (κ3) is 1.88. The molecule has 1 heterocycles. The van der Waals surface area contributed by atoms with Gasteiger partial charge in [-0.3, -0.25) is 0 Å². The van der Waals surface area contributed by atoms with Crippen LogP contribution in [0.5, 0.6) is 0 Å². The number of aromatic nitrogens is 1. The smallest absolute Gasteiger partial charge is 0.127 e. The van der Waals surface area contributed by atoms with Gasteiger partial charge >= 0.3 is 0 Å². The predicted octanol–water partition coefficient (Wildman–Crippen LogP) is 2.97. The van der Waals surface area contributed by atoms with Crippen molar-refractivity contribution in [1.29, 1.82) is 0 Å². The Hall–Kier alpha value is -2.23. The van der Waals surface area contributed by atoms with Gasteiger partial charge in [-0.15, -0.1) is 0 Å². The van der Waals surface area contributed by atoms with Crippen molar-refractivity contribution in [3.63, 3.8) is 0 Å². The van der Waals surface area contributed by atoms with Crippen LogP contribution in [0.25, 0.3) is 20.9 Å². The normalized spacial score (nSPS) is 8.00. The van der Waals surface area contributed by atoms with Gasteiger partial charge in [-0.1, -0.05) is 6.07 Å². The molecule has 1 rings (SSSR count). The van der Waals surface area contributed by atoms with Crippen LogP contribution in [0.4, 0.5) is 11.6 Å². The highest BCUT2D eigenvalue weighted by atomic mass is 15.2. The maximum absolute atomic E-state index is 8.06. The molecule has 0 aliphatic heterocycles. The second-order valence-corrected chi connectivity index (χ2v) is 1.73. The van der Waals surface area contributed by atoms with Gasteiger partial charge in [0.25, 0.3) is 0 Å². The van der Waals surface area contributed by atoms with Crippen molar-refractivity contribution >= 4 is 11.6 Å². The average Bonchev–Trinajstić information content (AvgIpc) is 2.06. The highest BCUT2D eigenvalue weighted by molar-refractivity contribution is 5.37. The van der Waals surface area contributed by atoms with Crippen LogP contribution in [0.15, 0.2) is 28.4 Å². The van der Waals surface area contributed by atoms with Gasteiger partial charge in [-0.2, -0.15) is 0 Å². The molecule has 0 aliphatic rings. The third-order valence-electron chi connectivity index (χ3n) is 1.01. The molecule has 0 spiro atoms. The van der Waals surface area contributed by atoms with E-state index in [4.69, 9.17) is 11.1 Å². The number of rotatable bonds is 2. The molecular formula is C5H3N7. The Morgan fingerprint density at radius 3 is 2.00 bits per heavy atom. The Labute approximate surface area is 66.9 Å². The third-order valence-corrected chi connectivity index (χ3v) is 1.01. The van der Waals surface area contributed by atoms with E-state index in [1.54, 1.807) is 6.07 Å². The van der Waals surface area contributed by atoms with E-state index in [1.165, 1.54) is 12.1 Å². The lowest BCUT2D eigenvalue weighted by atomic mass is 10.4. The molecule has 0 bridgehead atoms. The fourth-order valence-corrected chi connectivity index (χ4v) is 0.615. The first-order valence-electron chi connectivity index (χ1n) is 2.94. The van der Waals surface area contributed by atoms with E-state index in [-0.39, 0.29) is 11.6 Å². The van der Waals surface area contributed by atoms with Crippen LogP contribution in [-0.2, 0) is 0 Å². The summed E-state index contributed by atoms with van der Waals surface area (Å²) in [6.07, 6.45) is 0. The molecule has 0 unspecified atom stereocenters. The predicted molar refractivity (Wildman–Crippen MR) is 41.8 cm³/mol. The molecule has 0 fully saturated rings. The zero-order valence-electron chi connectivity index (χ0n) is 5.86. The monoisotopic (exact) mass is 161 g/mol. The van der Waals surface area contributed by atoms with Gasteiger partial charge in [-0.25, -0.2) is 4.98 Å². The van der Waals surface area contributed by atoms with Crippen molar-refractivity contribution in [2.24, 2.45) is 10.2 Å². The highest BCUT2D eigenvalue weighted by Gasteiger charge is 1.90. The molecule has 1 aromatic rings. The van der Waals surface area contributed by atoms with Crippen molar-refractivity contribution in [2.75, 3.05) is 0 Å². The van der Waals surface area contributed by atoms with E-state index < -0.39 is 0 Å². The molecular weight excluding hydrogens is 158 g/mol. The fraction of sp³-hybridized carbons (Fsp3) is 0. The van der Waals surface area contributed by atoms with Crippen molar-refractivity contribution in [3.8, 4) is 0 Å². The highest BCUT2D eigenvalue weighted by Crippen LogP contribution is 2.14. The van der Waals surface area contributed by atoms with Crippen LogP contribution in [0.3, 0.4) is 0 Å². The van der Waals surface area contributed by atoms with Gasteiger partial charge in [0, 0.05) is 9.82 Å². The molecule has 12 heavy (non-hydrogen) atoms. The van der Waals surface area contributed by atoms with Gasteiger partial charge in [0.05, 0.1) is 0 Å². The fourth-order valence-electron chi connectivity index (χ4n) is 0.615. The lowest BCUT2D eigenvalue weighted by Gasteiger charge is -1.90. The zero-order chi connectivity index (χ0) is 8.81. The van der Waals surface area contributed by atoms with Crippen LogP contribution in [0.2, 0.25) is 0 Å². The van der Waals surface area contributed by atoms with E-state index >= 15 is 0 Å². The summed E-state index contributed by atoms with van der Waals surface area (Å²) < 4.78 is 0. The first-order valence-corrected chi connectivity index (χ1v) is 2.94. The summed E-state index contributed by atoms with van der Waals surface area (Å²) in [5, 5.41) is 6.47. The molecule has 7 heteroatoms. The van der Waals surface area contributed by atoms with Crippen LogP contribution in [-0.4, -0.2) is 4.98 Å². The number of pyridine rings is 1. The molecule has 0 saturated heterocycles. The Morgan fingerprint density at radius 2 is 1.58 bits per heavy atom. The van der Waals surface area contributed by atoms with E-state index in [0.29, 0.717) is 0 Å². The topological polar surface area (TPSA) is 110 Å². The minimum atomic E-state index is 0.183. The lowest BCUT2D eigenvalue weighted by molar-refractivity contribution is 1.22. The quantitative estimate of drug-likeness (QED) is 0.370. The van der Waals surface area contributed by atoms with Crippen LogP contribution >= 0.6 is 0 Å². The molecule has 0 aromatic carbocycles. The van der Waals surface area contributed by atoms with E-state index in [9.17, 15) is 0 Å². The van der Waals surface area contributed by atoms with Crippen molar-refractivity contribution in [1.82, 2.24) is 4.98 Å². The summed E-state index contributed by atoms with van der Waals surface area (Å²) in [4.78, 5) is 8.78. The van der Waals surface area contributed by atoms with Gasteiger partial charge in [0.1, 0.15) is 11.6 Å². The van der Waals surface area contributed by atoms with Crippen LogP contribution < -0.4 is 0 Å². The summed E-state index contributed by atoms with van der Waals surface area (Å²) in [6, 6.07) is 4.60. The molecule has 58 valence electrons. The van der Waals surface area contributed by atoms with E-state index in [2.05, 4.69) is 25.0 Å². The van der Waals surface area contributed by atoms with Gasteiger partial charge in [-0.05, 0) is 33.4 Å². The van der Waals surface area contributed by atoms with Crippen LogP contribution in [0.1, 0.15) is 0 Å². The van der Waals surface area contributed by atoms with Gasteiger partial charge in [0.15, 0.2) is 0 Å². The molecule has 0 amide bonds. The van der Waals surface area contributed by atoms with Crippen molar-refractivity contribution < 1.29 is 0 Å². The molecule has 0 N–H and O–H groups in total. The number of azide groups is 2. The number of nitrogens with zero attached hydrogens (tertiary/aromatic N) is 7. The molecule has 0 saturated carbocycles. The van der Waals surface area contributed by atoms with E-state index in [1.807, 2.05) is 0 Å². The molecule has 1 aromatic heterocycles. The zero-order valence-corrected chi connectivity index (χ0v) is 5.86. The Kier molecular flexibility index (Phi) is 2.51.